The summed E-state index contributed by atoms with van der Waals surface area (Å²) in [6, 6.07) is 19.5. The van der Waals surface area contributed by atoms with E-state index in [0.29, 0.717) is 22.3 Å². The van der Waals surface area contributed by atoms with E-state index in [0.717, 1.165) is 53.8 Å². The van der Waals surface area contributed by atoms with Gasteiger partial charge in [-0.15, -0.1) is 0 Å². The number of alkyl halides is 2. The maximum atomic E-state index is 15.2. The van der Waals surface area contributed by atoms with Crippen molar-refractivity contribution in [3.8, 4) is 0 Å². The highest BCUT2D eigenvalue weighted by Crippen LogP contribution is 2.42. The number of nitrogens with one attached hydrogen (secondary N) is 2. The van der Waals surface area contributed by atoms with E-state index in [9.17, 15) is 38.4 Å². The lowest BCUT2D eigenvalue weighted by molar-refractivity contribution is -0.139. The number of nitrogens with zero attached hydrogens (tertiary/aromatic N) is 8. The van der Waals surface area contributed by atoms with Crippen molar-refractivity contribution in [2.75, 3.05) is 26.3 Å². The third kappa shape index (κ3) is 12.4. The minimum Gasteiger partial charge on any atom is -0.378 e. The van der Waals surface area contributed by atoms with Crippen LogP contribution in [0.15, 0.2) is 117 Å². The van der Waals surface area contributed by atoms with Crippen LogP contribution in [0.5, 0.6) is 0 Å². The number of likely N-dealkylation sites (tertiary alicyclic amines) is 2. The van der Waals surface area contributed by atoms with E-state index < -0.39 is 121 Å². The highest BCUT2D eigenvalue weighted by atomic mass is 19.1. The molecule has 2 N–H and O–H groups in total. The Bertz CT molecular complexity index is 3390. The topological polar surface area (TPSA) is 222 Å². The molecule has 6 heterocycles. The lowest BCUT2D eigenvalue weighted by Crippen LogP contribution is -2.49. The molecule has 0 spiro atoms. The van der Waals surface area contributed by atoms with E-state index in [4.69, 9.17) is 4.74 Å². The van der Waals surface area contributed by atoms with Crippen LogP contribution in [0.1, 0.15) is 107 Å². The summed E-state index contributed by atoms with van der Waals surface area (Å²) in [4.78, 5) is 120. The fourth-order valence-electron chi connectivity index (χ4n) is 10.8. The molecule has 23 heteroatoms. The Labute approximate surface area is 461 Å². The summed E-state index contributed by atoms with van der Waals surface area (Å²) in [7, 11) is 0. The number of pyridine rings is 2. The number of amides is 4. The highest BCUT2D eigenvalue weighted by molar-refractivity contribution is 5.89. The summed E-state index contributed by atoms with van der Waals surface area (Å²) in [5.41, 5.74) is -0.516. The van der Waals surface area contributed by atoms with Crippen LogP contribution in [0.3, 0.4) is 0 Å². The van der Waals surface area contributed by atoms with E-state index in [2.05, 4.69) is 20.6 Å². The number of halogens is 4. The molecule has 10 rings (SSSR count). The molecule has 2 aromatic carbocycles. The van der Waals surface area contributed by atoms with Gasteiger partial charge in [0.05, 0.1) is 62.9 Å². The lowest BCUT2D eigenvalue weighted by atomic mass is 10.0. The molecule has 424 valence electrons. The van der Waals surface area contributed by atoms with Gasteiger partial charge in [0.1, 0.15) is 37.5 Å². The first-order chi connectivity index (χ1) is 38.9. The van der Waals surface area contributed by atoms with Gasteiger partial charge in [-0.05, 0) is 74.6 Å². The summed E-state index contributed by atoms with van der Waals surface area (Å²) in [6.45, 7) is -0.612. The van der Waals surface area contributed by atoms with Crippen molar-refractivity contribution in [3.63, 3.8) is 0 Å². The molecule has 2 aliphatic carbocycles. The van der Waals surface area contributed by atoms with Crippen LogP contribution in [-0.4, -0.2) is 112 Å². The van der Waals surface area contributed by atoms with Crippen LogP contribution in [0.2, 0.25) is 0 Å². The largest absolute Gasteiger partial charge is 0.378 e. The van der Waals surface area contributed by atoms with Crippen LogP contribution in [-0.2, 0) is 50.1 Å². The zero-order chi connectivity index (χ0) is 57.2. The van der Waals surface area contributed by atoms with Crippen molar-refractivity contribution in [2.24, 2.45) is 0 Å². The van der Waals surface area contributed by atoms with Crippen molar-refractivity contribution >= 4 is 23.6 Å². The Morgan fingerprint density at radius 1 is 0.580 bits per heavy atom. The molecule has 4 fully saturated rings. The molecule has 4 aromatic heterocycles. The second-order valence-electron chi connectivity index (χ2n) is 21.2. The monoisotopic (exact) mass is 1120 g/mol. The van der Waals surface area contributed by atoms with Gasteiger partial charge in [-0.1, -0.05) is 72.8 Å². The molecule has 2 saturated heterocycles. The third-order valence-electron chi connectivity index (χ3n) is 15.4. The molecule has 0 unspecified atom stereocenters. The Morgan fingerprint density at radius 2 is 0.963 bits per heavy atom. The summed E-state index contributed by atoms with van der Waals surface area (Å²) in [5, 5.41) is 5.69. The van der Waals surface area contributed by atoms with E-state index in [1.54, 1.807) is 84.9 Å². The molecular formula is C58H60F4N10O9. The van der Waals surface area contributed by atoms with Gasteiger partial charge in [0.2, 0.25) is 35.5 Å². The molecule has 6 atom stereocenters. The fraction of sp³-hybridized carbons (Fsp3) is 0.414. The number of hydrogen-bond donors (Lipinski definition) is 2. The van der Waals surface area contributed by atoms with Crippen molar-refractivity contribution in [1.82, 2.24) is 48.7 Å². The molecule has 2 saturated carbocycles. The van der Waals surface area contributed by atoms with Crippen LogP contribution in [0, 0.1) is 25.7 Å². The van der Waals surface area contributed by atoms with Gasteiger partial charge in [0.15, 0.2) is 0 Å². The maximum absolute atomic E-state index is 15.2. The summed E-state index contributed by atoms with van der Waals surface area (Å²) < 4.78 is 70.0. The average Bonchev–Trinajstić information content (AvgIpc) is 4.58. The second kappa shape index (κ2) is 23.8. The first-order valence-corrected chi connectivity index (χ1v) is 27.0. The standard InChI is InChI=1S/C58H60F4N10O9/c1-33-27-67(31-47(73)71-29-39(59)25-45(71)53(75)65-49(37-9-5-3-6-10-37)43-19-17-41(35-13-14-35)51(61)63-43)57(79)69(55(33)77)21-23-81-24-22-70-56(78)34(2)28-68(58(70)80)32-48(74)72-30-40(60)26-46(72)54(76)66-50(38-11-7-4-8-12-38)44-20-18-42(36-15-16-36)52(62)64-44/h3-12,17-20,27-28,35-36,39-40,45-46,49-50H,13-16,21-26,29-32H2,1-2H3,(H,65,75)(H,66,76)/t39-,40-,45+,46+,49+,50+/m1/s1. The van der Waals surface area contributed by atoms with Crippen LogP contribution >= 0.6 is 0 Å². The van der Waals surface area contributed by atoms with E-state index in [1.165, 1.54) is 26.2 Å². The second-order valence-corrected chi connectivity index (χ2v) is 21.2. The van der Waals surface area contributed by atoms with Crippen molar-refractivity contribution < 1.29 is 41.5 Å². The van der Waals surface area contributed by atoms with Crippen molar-refractivity contribution in [1.29, 1.82) is 0 Å². The average molecular weight is 1120 g/mol. The number of benzene rings is 2. The number of aryl methyl sites for hydroxylation is 2. The molecule has 81 heavy (non-hydrogen) atoms. The van der Waals surface area contributed by atoms with Crippen LogP contribution in [0.4, 0.5) is 17.6 Å². The summed E-state index contributed by atoms with van der Waals surface area (Å²) >= 11 is 0. The number of hydrogen-bond acceptors (Lipinski definition) is 11. The highest BCUT2D eigenvalue weighted by Gasteiger charge is 2.43. The first kappa shape index (κ1) is 56.0. The smallest absolute Gasteiger partial charge is 0.331 e. The Hall–Kier alpha value is -8.34. The van der Waals surface area contributed by atoms with Crippen LogP contribution in [0.25, 0.3) is 0 Å². The van der Waals surface area contributed by atoms with Gasteiger partial charge in [-0.3, -0.25) is 47.0 Å². The van der Waals surface area contributed by atoms with E-state index >= 15 is 17.6 Å². The number of carbonyl (C=O) groups is 4. The van der Waals surface area contributed by atoms with Gasteiger partial charge in [0.25, 0.3) is 11.1 Å². The molecule has 6 aromatic rings. The van der Waals surface area contributed by atoms with Gasteiger partial charge >= 0.3 is 11.4 Å². The molecule has 19 nitrogen and oxygen atoms in total. The van der Waals surface area contributed by atoms with Crippen molar-refractivity contribution in [3.05, 3.63) is 196 Å². The number of carbonyl (C=O) groups excluding carboxylic acids is 4. The minimum atomic E-state index is -1.58. The van der Waals surface area contributed by atoms with Gasteiger partial charge in [-0.2, -0.15) is 8.78 Å². The van der Waals surface area contributed by atoms with Gasteiger partial charge in [0, 0.05) is 47.5 Å². The summed E-state index contributed by atoms with van der Waals surface area (Å²) in [5.74, 6) is -4.11. The number of rotatable bonds is 20. The zero-order valence-electron chi connectivity index (χ0n) is 44.5. The lowest BCUT2D eigenvalue weighted by Gasteiger charge is -2.27. The molecule has 0 bridgehead atoms. The predicted octanol–water partition coefficient (Wildman–Crippen LogP) is 4.18. The maximum Gasteiger partial charge on any atom is 0.331 e. The predicted molar refractivity (Wildman–Crippen MR) is 285 cm³/mol. The van der Waals surface area contributed by atoms with Gasteiger partial charge < -0.3 is 25.2 Å². The molecule has 4 amide bonds. The Morgan fingerprint density at radius 3 is 1.32 bits per heavy atom. The number of ether oxygens (including phenoxy) is 1. The molecule has 2 aliphatic heterocycles. The first-order valence-electron chi connectivity index (χ1n) is 27.0. The van der Waals surface area contributed by atoms with E-state index in [1.807, 2.05) is 0 Å². The van der Waals surface area contributed by atoms with Crippen molar-refractivity contribution in [2.45, 2.75) is 127 Å². The normalized spacial score (nSPS) is 19.6. The molecule has 4 aliphatic rings. The van der Waals surface area contributed by atoms with Gasteiger partial charge in [-0.25, -0.2) is 28.3 Å². The minimum absolute atomic E-state index is 0.0727. The quantitative estimate of drug-likeness (QED) is 0.0627. The Kier molecular flexibility index (Phi) is 16.4. The third-order valence-corrected chi connectivity index (χ3v) is 15.4. The SMILES string of the molecule is Cc1cn(CC(=O)N2C[C@H](F)C[C@H]2C(=O)N[C@@H](c2ccccc2)c2ccc(C3CC3)c(F)n2)c(=O)n(CCOCCn2c(=O)c(C)cn(CC(=O)N3C[C@H](F)C[C@H]3C(=O)N[C@@H](c3ccccc3)c3ccc(C4CC4)c(F)n3)c2=O)c1=O. The zero-order valence-corrected chi connectivity index (χ0v) is 44.5. The van der Waals surface area contributed by atoms with E-state index in [-0.39, 0.29) is 73.5 Å². The summed E-state index contributed by atoms with van der Waals surface area (Å²) in [6.07, 6.45) is 1.93. The molecular weight excluding hydrogens is 1060 g/mol. The fourth-order valence-corrected chi connectivity index (χ4v) is 10.8. The number of aromatic nitrogens is 6. The Balaban J connectivity index is 0.764. The van der Waals surface area contributed by atoms with Crippen LogP contribution < -0.4 is 33.1 Å². The molecule has 0 radical (unpaired) electrons.